The highest BCUT2D eigenvalue weighted by Gasteiger charge is 2.16. The van der Waals surface area contributed by atoms with Crippen LogP contribution in [0.15, 0.2) is 30.3 Å². The maximum Gasteiger partial charge on any atom is 0.254 e. The standard InChI is InChI=1S/C16H20N2O2/c1-11-10-14(13-6-4-5-7-15(13)17-11)16(20)18(3)9-8-12(2)19/h4-7,10,12,19H,8-9H2,1-3H3/t12-/m0/s1. The van der Waals surface area contributed by atoms with Crippen molar-refractivity contribution in [1.29, 1.82) is 0 Å². The molecular formula is C16H20N2O2. The van der Waals surface area contributed by atoms with E-state index in [1.165, 1.54) is 0 Å². The average molecular weight is 272 g/mol. The highest BCUT2D eigenvalue weighted by Crippen LogP contribution is 2.19. The topological polar surface area (TPSA) is 53.4 Å². The Balaban J connectivity index is 2.34. The van der Waals surface area contributed by atoms with Gasteiger partial charge in [-0.2, -0.15) is 0 Å². The van der Waals surface area contributed by atoms with Crippen LogP contribution in [0, 0.1) is 6.92 Å². The van der Waals surface area contributed by atoms with E-state index in [0.717, 1.165) is 16.6 Å². The summed E-state index contributed by atoms with van der Waals surface area (Å²) in [6, 6.07) is 9.47. The zero-order chi connectivity index (χ0) is 14.7. The van der Waals surface area contributed by atoms with E-state index in [-0.39, 0.29) is 5.91 Å². The molecule has 0 saturated carbocycles. The molecule has 1 heterocycles. The number of hydrogen-bond acceptors (Lipinski definition) is 3. The van der Waals surface area contributed by atoms with Crippen molar-refractivity contribution >= 4 is 16.8 Å². The van der Waals surface area contributed by atoms with Crippen molar-refractivity contribution in [2.75, 3.05) is 13.6 Å². The summed E-state index contributed by atoms with van der Waals surface area (Å²) in [5, 5.41) is 10.2. The lowest BCUT2D eigenvalue weighted by molar-refractivity contribution is 0.0770. The first-order chi connectivity index (χ1) is 9.49. The summed E-state index contributed by atoms with van der Waals surface area (Å²) in [7, 11) is 1.76. The lowest BCUT2D eigenvalue weighted by atomic mass is 10.1. The Morgan fingerprint density at radius 2 is 2.10 bits per heavy atom. The summed E-state index contributed by atoms with van der Waals surface area (Å²) >= 11 is 0. The number of aliphatic hydroxyl groups is 1. The molecule has 2 aromatic rings. The van der Waals surface area contributed by atoms with Gasteiger partial charge >= 0.3 is 0 Å². The third kappa shape index (κ3) is 3.14. The first-order valence-corrected chi connectivity index (χ1v) is 6.79. The third-order valence-corrected chi connectivity index (χ3v) is 3.30. The highest BCUT2D eigenvalue weighted by atomic mass is 16.3. The van der Waals surface area contributed by atoms with Gasteiger partial charge in [0.05, 0.1) is 17.2 Å². The normalized spacial score (nSPS) is 12.4. The molecule has 0 radical (unpaired) electrons. The Morgan fingerprint density at radius 3 is 2.80 bits per heavy atom. The molecule has 4 nitrogen and oxygen atoms in total. The minimum atomic E-state index is -0.402. The van der Waals surface area contributed by atoms with Gasteiger partial charge in [0, 0.05) is 24.7 Å². The van der Waals surface area contributed by atoms with Crippen LogP contribution in [0.25, 0.3) is 10.9 Å². The van der Waals surface area contributed by atoms with Crippen LogP contribution in [-0.4, -0.2) is 40.6 Å². The average Bonchev–Trinajstić information content (AvgIpc) is 2.42. The van der Waals surface area contributed by atoms with Crippen LogP contribution in [0.5, 0.6) is 0 Å². The molecular weight excluding hydrogens is 252 g/mol. The minimum absolute atomic E-state index is 0.0349. The molecule has 0 fully saturated rings. The molecule has 1 amide bonds. The molecule has 0 aliphatic carbocycles. The maximum absolute atomic E-state index is 12.5. The van der Waals surface area contributed by atoms with Crippen LogP contribution < -0.4 is 0 Å². The molecule has 1 N–H and O–H groups in total. The van der Waals surface area contributed by atoms with E-state index < -0.39 is 6.10 Å². The van der Waals surface area contributed by atoms with Gasteiger partial charge in [-0.25, -0.2) is 0 Å². The fourth-order valence-electron chi connectivity index (χ4n) is 2.17. The summed E-state index contributed by atoms with van der Waals surface area (Å²) in [4.78, 5) is 18.6. The number of para-hydroxylation sites is 1. The number of fused-ring (bicyclic) bond motifs is 1. The number of hydrogen-bond donors (Lipinski definition) is 1. The maximum atomic E-state index is 12.5. The SMILES string of the molecule is Cc1cc(C(=O)N(C)CC[C@H](C)O)c2ccccc2n1. The van der Waals surface area contributed by atoms with Crippen LogP contribution in [-0.2, 0) is 0 Å². The highest BCUT2D eigenvalue weighted by molar-refractivity contribution is 6.06. The van der Waals surface area contributed by atoms with Gasteiger partial charge in [0.15, 0.2) is 0 Å². The largest absolute Gasteiger partial charge is 0.393 e. The zero-order valence-corrected chi connectivity index (χ0v) is 12.1. The number of aliphatic hydroxyl groups excluding tert-OH is 1. The van der Waals surface area contributed by atoms with Crippen molar-refractivity contribution in [3.63, 3.8) is 0 Å². The number of carbonyl (C=O) groups is 1. The second-order valence-electron chi connectivity index (χ2n) is 5.19. The fourth-order valence-corrected chi connectivity index (χ4v) is 2.17. The van der Waals surface area contributed by atoms with Crippen molar-refractivity contribution in [3.8, 4) is 0 Å². The molecule has 20 heavy (non-hydrogen) atoms. The van der Waals surface area contributed by atoms with E-state index in [2.05, 4.69) is 4.98 Å². The monoisotopic (exact) mass is 272 g/mol. The Labute approximate surface area is 119 Å². The minimum Gasteiger partial charge on any atom is -0.393 e. The van der Waals surface area contributed by atoms with Crippen LogP contribution in [0.3, 0.4) is 0 Å². The van der Waals surface area contributed by atoms with Crippen molar-refractivity contribution in [2.45, 2.75) is 26.4 Å². The summed E-state index contributed by atoms with van der Waals surface area (Å²) in [5.74, 6) is -0.0349. The van der Waals surface area contributed by atoms with Crippen LogP contribution >= 0.6 is 0 Å². The summed E-state index contributed by atoms with van der Waals surface area (Å²) in [6.07, 6.45) is 0.172. The number of aromatic nitrogens is 1. The van der Waals surface area contributed by atoms with Gasteiger partial charge in [0.2, 0.25) is 0 Å². The van der Waals surface area contributed by atoms with Crippen LogP contribution in [0.1, 0.15) is 29.4 Å². The van der Waals surface area contributed by atoms with E-state index in [4.69, 9.17) is 0 Å². The lowest BCUT2D eigenvalue weighted by Gasteiger charge is -2.19. The fraction of sp³-hybridized carbons (Fsp3) is 0.375. The van der Waals surface area contributed by atoms with E-state index in [1.54, 1.807) is 18.9 Å². The van der Waals surface area contributed by atoms with Gasteiger partial charge in [-0.3, -0.25) is 9.78 Å². The van der Waals surface area contributed by atoms with E-state index in [9.17, 15) is 9.90 Å². The van der Waals surface area contributed by atoms with E-state index >= 15 is 0 Å². The van der Waals surface area contributed by atoms with Crippen LogP contribution in [0.4, 0.5) is 0 Å². The van der Waals surface area contributed by atoms with Crippen molar-refractivity contribution < 1.29 is 9.90 Å². The number of benzene rings is 1. The first-order valence-electron chi connectivity index (χ1n) is 6.79. The predicted octanol–water partition coefficient (Wildman–Crippen LogP) is 2.39. The molecule has 1 atom stereocenters. The summed E-state index contributed by atoms with van der Waals surface area (Å²) < 4.78 is 0. The Hall–Kier alpha value is -1.94. The molecule has 0 spiro atoms. The molecule has 0 aliphatic rings. The Morgan fingerprint density at radius 1 is 1.40 bits per heavy atom. The predicted molar refractivity (Wildman–Crippen MR) is 79.7 cm³/mol. The van der Waals surface area contributed by atoms with Gasteiger partial charge in [0.25, 0.3) is 5.91 Å². The number of nitrogens with zero attached hydrogens (tertiary/aromatic N) is 2. The van der Waals surface area contributed by atoms with Gasteiger partial charge in [-0.05, 0) is 32.4 Å². The Bertz CT molecular complexity index is 623. The van der Waals surface area contributed by atoms with E-state index in [0.29, 0.717) is 18.5 Å². The number of carbonyl (C=O) groups excluding carboxylic acids is 1. The molecule has 0 saturated heterocycles. The molecule has 0 aliphatic heterocycles. The van der Waals surface area contributed by atoms with E-state index in [1.807, 2.05) is 37.3 Å². The smallest absolute Gasteiger partial charge is 0.254 e. The van der Waals surface area contributed by atoms with Gasteiger partial charge in [0.1, 0.15) is 0 Å². The second kappa shape index (κ2) is 6.01. The molecule has 0 bridgehead atoms. The quantitative estimate of drug-likeness (QED) is 0.929. The lowest BCUT2D eigenvalue weighted by Crippen LogP contribution is -2.29. The molecule has 0 unspecified atom stereocenters. The summed E-state index contributed by atoms with van der Waals surface area (Å²) in [6.45, 7) is 4.15. The van der Waals surface area contributed by atoms with Crippen molar-refractivity contribution in [3.05, 3.63) is 41.6 Å². The molecule has 106 valence electrons. The number of aryl methyl sites for hydroxylation is 1. The first kappa shape index (κ1) is 14.5. The number of pyridine rings is 1. The van der Waals surface area contributed by atoms with Crippen molar-refractivity contribution in [2.24, 2.45) is 0 Å². The summed E-state index contributed by atoms with van der Waals surface area (Å²) in [5.41, 5.74) is 2.33. The van der Waals surface area contributed by atoms with Crippen LogP contribution in [0.2, 0.25) is 0 Å². The number of rotatable bonds is 4. The molecule has 1 aromatic carbocycles. The second-order valence-corrected chi connectivity index (χ2v) is 5.19. The van der Waals surface area contributed by atoms with Gasteiger partial charge < -0.3 is 10.0 Å². The Kier molecular flexibility index (Phi) is 4.35. The third-order valence-electron chi connectivity index (χ3n) is 3.30. The van der Waals surface area contributed by atoms with Gasteiger partial charge in [-0.1, -0.05) is 18.2 Å². The molecule has 1 aromatic heterocycles. The molecule has 2 rings (SSSR count). The van der Waals surface area contributed by atoms with Crippen molar-refractivity contribution in [1.82, 2.24) is 9.88 Å². The number of amides is 1. The zero-order valence-electron chi connectivity index (χ0n) is 12.1. The van der Waals surface area contributed by atoms with Gasteiger partial charge in [-0.15, -0.1) is 0 Å². The molecule has 4 heteroatoms.